The van der Waals surface area contributed by atoms with Crippen molar-refractivity contribution in [1.82, 2.24) is 0 Å². The summed E-state index contributed by atoms with van der Waals surface area (Å²) >= 11 is 0. The van der Waals surface area contributed by atoms with Crippen molar-refractivity contribution in [3.05, 3.63) is 22.8 Å². The van der Waals surface area contributed by atoms with E-state index in [-0.39, 0.29) is 67.2 Å². The minimum absolute atomic E-state index is 0.00387. The van der Waals surface area contributed by atoms with Gasteiger partial charge in [-0.15, -0.1) is 0 Å². The summed E-state index contributed by atoms with van der Waals surface area (Å²) in [7, 11) is 1.27. The molecule has 1 saturated carbocycles. The normalized spacial score (nSPS) is 42.7. The maximum Gasteiger partial charge on any atom is 0.313 e. The third-order valence-electron chi connectivity index (χ3n) is 13.0. The number of allylic oxidation sites excluding steroid dienone is 3. The Balaban J connectivity index is 1.98. The molecule has 2 bridgehead atoms. The number of rotatable bonds is 2. The quantitative estimate of drug-likeness (QED) is 0.225. The van der Waals surface area contributed by atoms with Gasteiger partial charge in [-0.1, -0.05) is 57.8 Å². The van der Waals surface area contributed by atoms with Crippen LogP contribution < -0.4 is 0 Å². The van der Waals surface area contributed by atoms with Crippen molar-refractivity contribution in [2.45, 2.75) is 162 Å². The molecule has 0 aromatic carbocycles. The number of hydrogen-bond donors (Lipinski definition) is 3. The van der Waals surface area contributed by atoms with Crippen LogP contribution in [0.3, 0.4) is 0 Å². The molecule has 2 heterocycles. The zero-order valence-corrected chi connectivity index (χ0v) is 32.0. The monoisotopic (exact) mass is 700 g/mol. The summed E-state index contributed by atoms with van der Waals surface area (Å²) < 4.78 is 11.9. The number of aliphatic hydroxyl groups excluding tert-OH is 2. The molecule has 2 aliphatic heterocycles. The Bertz CT molecular complexity index is 1360. The predicted octanol–water partition coefficient (Wildman–Crippen LogP) is 6.25. The van der Waals surface area contributed by atoms with Crippen LogP contribution in [0.1, 0.15) is 132 Å². The predicted molar refractivity (Wildman–Crippen MR) is 191 cm³/mol. The highest BCUT2D eigenvalue weighted by atomic mass is 16.5. The number of carbonyl (C=O) groups is 4. The van der Waals surface area contributed by atoms with E-state index in [9.17, 15) is 34.5 Å². The summed E-state index contributed by atoms with van der Waals surface area (Å²) in [6, 6.07) is 0. The van der Waals surface area contributed by atoms with Crippen LogP contribution >= 0.6 is 0 Å². The molecule has 0 amide bonds. The van der Waals surface area contributed by atoms with Crippen molar-refractivity contribution in [3.8, 4) is 0 Å². The number of carbonyl (C=O) groups excluding carboxylic acids is 4. The summed E-state index contributed by atoms with van der Waals surface area (Å²) in [6.07, 6.45) is 3.32. The minimum Gasteiger partial charge on any atom is -0.469 e. The molecule has 0 aromatic rings. The van der Waals surface area contributed by atoms with Gasteiger partial charge >= 0.3 is 5.97 Å². The van der Waals surface area contributed by atoms with E-state index in [1.807, 2.05) is 54.5 Å². The molecule has 3 N–H and O–H groups in total. The third kappa shape index (κ3) is 8.21. The van der Waals surface area contributed by atoms with Crippen molar-refractivity contribution >= 4 is 23.3 Å². The van der Waals surface area contributed by atoms with Gasteiger partial charge in [0.15, 0.2) is 0 Å². The molecule has 282 valence electrons. The molecule has 9 nitrogen and oxygen atoms in total. The van der Waals surface area contributed by atoms with Gasteiger partial charge in [0.2, 0.25) is 0 Å². The first-order valence-electron chi connectivity index (χ1n) is 19.1. The van der Waals surface area contributed by atoms with Gasteiger partial charge in [0.25, 0.3) is 0 Å². The molecule has 9 heteroatoms. The highest BCUT2D eigenvalue weighted by Gasteiger charge is 2.60. The second kappa shape index (κ2) is 15.8. The lowest BCUT2D eigenvalue weighted by atomic mass is 9.52. The van der Waals surface area contributed by atoms with E-state index in [4.69, 9.17) is 9.47 Å². The third-order valence-corrected chi connectivity index (χ3v) is 13.0. The first-order valence-corrected chi connectivity index (χ1v) is 19.1. The Morgan fingerprint density at radius 1 is 0.960 bits per heavy atom. The molecule has 0 unspecified atom stereocenters. The van der Waals surface area contributed by atoms with E-state index < -0.39 is 58.7 Å². The van der Waals surface area contributed by atoms with Crippen molar-refractivity contribution < 1.29 is 44.0 Å². The maximum atomic E-state index is 14.7. The molecule has 11 atom stereocenters. The SMILES string of the molecule is COC(=O)[C@]12CC(=O)[C@H](C(C)C)CC(=O)[C@H](C)CCC[C@H](C)CC(=O)[C@H]1CC(C)=C1[C@H](O)C[C@@](C)(O)[C@H]3CC[C@@](C)(O3)[C@H](O)CC/C(C)=C\[C@@H]12. The maximum absolute atomic E-state index is 14.7. The number of ether oxygens (including phenoxy) is 2. The van der Waals surface area contributed by atoms with E-state index >= 15 is 0 Å². The number of ketones is 3. The van der Waals surface area contributed by atoms with E-state index in [1.54, 1.807) is 6.92 Å². The second-order valence-corrected chi connectivity index (χ2v) is 17.4. The van der Waals surface area contributed by atoms with Crippen LogP contribution in [-0.4, -0.2) is 75.3 Å². The Labute approximate surface area is 299 Å². The van der Waals surface area contributed by atoms with Crippen molar-refractivity contribution in [3.63, 3.8) is 0 Å². The zero-order chi connectivity index (χ0) is 37.3. The fourth-order valence-corrected chi connectivity index (χ4v) is 9.56. The van der Waals surface area contributed by atoms with Gasteiger partial charge in [-0.3, -0.25) is 19.2 Å². The van der Waals surface area contributed by atoms with Crippen LogP contribution in [0, 0.1) is 40.9 Å². The summed E-state index contributed by atoms with van der Waals surface area (Å²) in [5, 5.41) is 35.4. The topological polar surface area (TPSA) is 147 Å². The summed E-state index contributed by atoms with van der Waals surface area (Å²) in [5.41, 5.74) is -1.96. The Morgan fingerprint density at radius 3 is 2.28 bits per heavy atom. The average Bonchev–Trinajstić information content (AvgIpc) is 3.45. The molecule has 50 heavy (non-hydrogen) atoms. The van der Waals surface area contributed by atoms with Crippen LogP contribution in [0.5, 0.6) is 0 Å². The second-order valence-electron chi connectivity index (χ2n) is 17.4. The average molecular weight is 701 g/mol. The summed E-state index contributed by atoms with van der Waals surface area (Å²) in [4.78, 5) is 57.4. The summed E-state index contributed by atoms with van der Waals surface area (Å²) in [6.45, 7) is 15.0. The molecule has 2 fully saturated rings. The molecule has 4 rings (SSSR count). The number of fused-ring (bicyclic) bond motifs is 5. The molecule has 4 aliphatic rings. The lowest BCUT2D eigenvalue weighted by Gasteiger charge is -2.49. The van der Waals surface area contributed by atoms with Crippen molar-refractivity contribution in [1.29, 1.82) is 0 Å². The summed E-state index contributed by atoms with van der Waals surface area (Å²) in [5.74, 6) is -3.92. The zero-order valence-electron chi connectivity index (χ0n) is 32.0. The molecule has 0 aromatic heterocycles. The first-order chi connectivity index (χ1) is 23.3. The number of aliphatic hydroxyl groups is 3. The van der Waals surface area contributed by atoms with Gasteiger partial charge in [0, 0.05) is 49.4 Å². The minimum atomic E-state index is -1.70. The van der Waals surface area contributed by atoms with Crippen LogP contribution in [0.15, 0.2) is 22.8 Å². The smallest absolute Gasteiger partial charge is 0.313 e. The van der Waals surface area contributed by atoms with Crippen LogP contribution in [0.2, 0.25) is 0 Å². The molecular weight excluding hydrogens is 636 g/mol. The van der Waals surface area contributed by atoms with Gasteiger partial charge in [-0.25, -0.2) is 0 Å². The van der Waals surface area contributed by atoms with Crippen LogP contribution in [0.4, 0.5) is 0 Å². The molecule has 2 aliphatic carbocycles. The number of Topliss-reactive ketones (excluding diaryl/α,β-unsaturated/α-hetero) is 3. The largest absolute Gasteiger partial charge is 0.469 e. The highest BCUT2D eigenvalue weighted by Crippen LogP contribution is 2.56. The van der Waals surface area contributed by atoms with Gasteiger partial charge in [0.05, 0.1) is 42.0 Å². The van der Waals surface area contributed by atoms with Crippen LogP contribution in [0.25, 0.3) is 0 Å². The Morgan fingerprint density at radius 2 is 1.64 bits per heavy atom. The van der Waals surface area contributed by atoms with Gasteiger partial charge in [-0.05, 0) is 83.6 Å². The van der Waals surface area contributed by atoms with Gasteiger partial charge in [-0.2, -0.15) is 0 Å². The van der Waals surface area contributed by atoms with E-state index in [0.29, 0.717) is 37.7 Å². The Kier molecular flexibility index (Phi) is 12.8. The van der Waals surface area contributed by atoms with Gasteiger partial charge in [0.1, 0.15) is 17.3 Å². The van der Waals surface area contributed by atoms with Crippen molar-refractivity contribution in [2.75, 3.05) is 7.11 Å². The number of esters is 1. The lowest BCUT2D eigenvalue weighted by Crippen LogP contribution is -2.55. The highest BCUT2D eigenvalue weighted by molar-refractivity contribution is 5.97. The van der Waals surface area contributed by atoms with E-state index in [0.717, 1.165) is 24.0 Å². The number of hydrogen-bond acceptors (Lipinski definition) is 9. The molecule has 1 saturated heterocycles. The lowest BCUT2D eigenvalue weighted by molar-refractivity contribution is -0.169. The first kappa shape index (κ1) is 40.6. The fourth-order valence-electron chi connectivity index (χ4n) is 9.56. The number of methoxy groups -OCH3 is 1. The Hall–Kier alpha value is -2.20. The van der Waals surface area contributed by atoms with E-state index in [2.05, 4.69) is 0 Å². The fraction of sp³-hybridized carbons (Fsp3) is 0.805. The van der Waals surface area contributed by atoms with Gasteiger partial charge < -0.3 is 24.8 Å². The van der Waals surface area contributed by atoms with E-state index in [1.165, 1.54) is 7.11 Å². The van der Waals surface area contributed by atoms with Crippen molar-refractivity contribution in [2.24, 2.45) is 40.9 Å². The molecule has 0 radical (unpaired) electrons. The van der Waals surface area contributed by atoms with Crippen LogP contribution in [-0.2, 0) is 28.7 Å². The molecule has 0 spiro atoms. The standard InChI is InChI=1S/C41H64O9/c1-23(2)28-20-31(42)26(5)12-10-11-24(3)18-32(43)29-19-27(6)37-30(41(29,22-33(28)44)38(47)49-9)17-25(4)13-14-35(46)40(8)16-15-36(50-40)39(7,48)21-34(37)45/h17,23-24,26,28-30,34-36,45-46,48H,10-16,18-22H2,1-9H3/b25-17-/t24-,26+,28-,29+,30-,34+,35+,36+,39+,40+,41+/m0/s1. The molecular formula is C41H64O9.